The Labute approximate surface area is 154 Å². The molecule has 0 saturated carbocycles. The summed E-state index contributed by atoms with van der Waals surface area (Å²) >= 11 is 0. The Hall–Kier alpha value is 1.02. The molecule has 0 aromatic heterocycles. The van der Waals surface area contributed by atoms with Gasteiger partial charge in [-0.1, -0.05) is 90.4 Å². The van der Waals surface area contributed by atoms with Crippen LogP contribution in [0.1, 0.15) is 96.8 Å². The van der Waals surface area contributed by atoms with Crippen LogP contribution in [0.5, 0.6) is 0 Å². The van der Waals surface area contributed by atoms with Crippen molar-refractivity contribution in [3.05, 3.63) is 0 Å². The fourth-order valence-corrected chi connectivity index (χ4v) is 2.71. The van der Waals surface area contributed by atoms with Gasteiger partial charge in [0.2, 0.25) is 0 Å². The van der Waals surface area contributed by atoms with Crippen LogP contribution in [0.25, 0.3) is 0 Å². The van der Waals surface area contributed by atoms with Gasteiger partial charge in [0.05, 0.1) is 0 Å². The first-order valence-electron chi connectivity index (χ1n) is 8.54. The number of hydrogen-bond acceptors (Lipinski definition) is 3. The summed E-state index contributed by atoms with van der Waals surface area (Å²) in [6.45, 7) is 2.62. The van der Waals surface area contributed by atoms with Crippen molar-refractivity contribution in [3.8, 4) is 0 Å². The van der Waals surface area contributed by atoms with E-state index in [-0.39, 0.29) is 29.6 Å². The summed E-state index contributed by atoms with van der Waals surface area (Å²) in [5, 5.41) is 0. The predicted octanol–water partition coefficient (Wildman–Crippen LogP) is 2.51. The van der Waals surface area contributed by atoms with Gasteiger partial charge in [0.25, 0.3) is 0 Å². The number of unbranched alkanes of at least 4 members (excludes halogenated alkanes) is 13. The molecule has 0 fully saturated rings. The fourth-order valence-electron chi connectivity index (χ4n) is 2.44. The Morgan fingerprint density at radius 2 is 1.05 bits per heavy atom. The molecule has 3 nitrogen and oxygen atoms in total. The maximum absolute atomic E-state index is 10.1. The van der Waals surface area contributed by atoms with Crippen molar-refractivity contribution < 1.29 is 43.5 Å². The molecule has 120 valence electrons. The maximum atomic E-state index is 10.1. The number of hydrogen-bond donors (Lipinski definition) is 0. The van der Waals surface area contributed by atoms with E-state index in [0.29, 0.717) is 6.61 Å². The standard InChI is InChI=1S/C16H33O3P.Na/c1-2-3-4-5-6-7-8-9-10-11-12-13-14-15-16-19-20(17)18;/h2-16H2,1H3;/q;+1. The third-order valence-corrected chi connectivity index (χ3v) is 4.09. The summed E-state index contributed by atoms with van der Waals surface area (Å²) in [5.74, 6) is 0. The van der Waals surface area contributed by atoms with E-state index in [0.717, 1.165) is 12.8 Å². The van der Waals surface area contributed by atoms with Crippen LogP contribution in [-0.2, 0) is 9.09 Å². The molecule has 0 heterocycles. The molecule has 0 aliphatic heterocycles. The van der Waals surface area contributed by atoms with Gasteiger partial charge >= 0.3 is 37.8 Å². The van der Waals surface area contributed by atoms with Gasteiger partial charge in [-0.3, -0.25) is 0 Å². The summed E-state index contributed by atoms with van der Waals surface area (Å²) in [6, 6.07) is 0. The van der Waals surface area contributed by atoms with Crippen LogP contribution in [-0.4, -0.2) is 6.61 Å². The van der Waals surface area contributed by atoms with E-state index in [1.807, 2.05) is 0 Å². The average molecular weight is 327 g/mol. The van der Waals surface area contributed by atoms with Gasteiger partial charge in [0.15, 0.2) is 0 Å². The molecule has 0 rings (SSSR count). The second kappa shape index (κ2) is 21.0. The molecule has 0 radical (unpaired) electrons. The van der Waals surface area contributed by atoms with Crippen LogP contribution < -0.4 is 34.5 Å². The van der Waals surface area contributed by atoms with Crippen molar-refractivity contribution >= 4 is 8.25 Å². The molecule has 0 aromatic carbocycles. The smallest absolute Gasteiger partial charge is 0.566 e. The van der Waals surface area contributed by atoms with Crippen LogP contribution in [0.4, 0.5) is 0 Å². The van der Waals surface area contributed by atoms with Crippen molar-refractivity contribution in [2.75, 3.05) is 6.61 Å². The summed E-state index contributed by atoms with van der Waals surface area (Å²) in [4.78, 5) is 10.1. The molecule has 0 spiro atoms. The van der Waals surface area contributed by atoms with Crippen molar-refractivity contribution in [2.45, 2.75) is 96.8 Å². The van der Waals surface area contributed by atoms with Crippen molar-refractivity contribution in [3.63, 3.8) is 0 Å². The molecule has 0 N–H and O–H groups in total. The largest absolute Gasteiger partial charge is 1.00 e. The second-order valence-corrected chi connectivity index (χ2v) is 6.36. The summed E-state index contributed by atoms with van der Waals surface area (Å²) in [7, 11) is -2.64. The monoisotopic (exact) mass is 327 g/mol. The van der Waals surface area contributed by atoms with E-state index < -0.39 is 8.25 Å². The van der Waals surface area contributed by atoms with E-state index in [1.54, 1.807) is 0 Å². The summed E-state index contributed by atoms with van der Waals surface area (Å²) in [6.07, 6.45) is 18.3. The normalized spacial score (nSPS) is 11.2. The van der Waals surface area contributed by atoms with Crippen molar-refractivity contribution in [2.24, 2.45) is 0 Å². The fraction of sp³-hybridized carbons (Fsp3) is 1.00. The van der Waals surface area contributed by atoms with E-state index in [4.69, 9.17) is 0 Å². The first kappa shape index (κ1) is 24.3. The van der Waals surface area contributed by atoms with Gasteiger partial charge in [-0.05, 0) is 11.0 Å². The van der Waals surface area contributed by atoms with Crippen LogP contribution in [0, 0.1) is 0 Å². The molecule has 21 heavy (non-hydrogen) atoms. The first-order valence-corrected chi connectivity index (χ1v) is 9.64. The van der Waals surface area contributed by atoms with Gasteiger partial charge < -0.3 is 4.89 Å². The summed E-state index contributed by atoms with van der Waals surface area (Å²) < 4.78 is 14.7. The molecule has 1 unspecified atom stereocenters. The second-order valence-electron chi connectivity index (χ2n) is 5.65. The minimum absolute atomic E-state index is 0. The van der Waals surface area contributed by atoms with Crippen LogP contribution in [0.3, 0.4) is 0 Å². The van der Waals surface area contributed by atoms with Crippen LogP contribution in [0.15, 0.2) is 0 Å². The number of rotatable bonds is 16. The Balaban J connectivity index is 0. The van der Waals surface area contributed by atoms with Gasteiger partial charge in [-0.15, -0.1) is 4.52 Å². The third-order valence-electron chi connectivity index (χ3n) is 3.69. The molecule has 0 saturated heterocycles. The zero-order valence-corrected chi connectivity index (χ0v) is 17.2. The molecule has 1 atom stereocenters. The summed E-state index contributed by atoms with van der Waals surface area (Å²) in [5.41, 5.74) is 0. The van der Waals surface area contributed by atoms with E-state index in [9.17, 15) is 9.46 Å². The van der Waals surface area contributed by atoms with Gasteiger partial charge in [-0.25, -0.2) is 0 Å². The predicted molar refractivity (Wildman–Crippen MR) is 83.9 cm³/mol. The Morgan fingerprint density at radius 1 is 0.714 bits per heavy atom. The van der Waals surface area contributed by atoms with Gasteiger partial charge in [0, 0.05) is 0 Å². The quantitative estimate of drug-likeness (QED) is 0.249. The van der Waals surface area contributed by atoms with Crippen molar-refractivity contribution in [1.29, 1.82) is 0 Å². The van der Waals surface area contributed by atoms with Crippen molar-refractivity contribution in [1.82, 2.24) is 0 Å². The molecule has 0 aromatic rings. The Kier molecular flexibility index (Phi) is 24.3. The topological polar surface area (TPSA) is 49.4 Å². The Bertz CT molecular complexity index is 216. The molecular formula is C16H33NaO3P+. The van der Waals surface area contributed by atoms with Gasteiger partial charge in [-0.2, -0.15) is 0 Å². The molecule has 0 bridgehead atoms. The molecule has 0 aliphatic carbocycles. The molecule has 0 amide bonds. The maximum Gasteiger partial charge on any atom is 1.00 e. The SMILES string of the molecule is CCCCCCCCCCCCCCCCO[P+](=O)[O-].[Na+]. The van der Waals surface area contributed by atoms with E-state index in [2.05, 4.69) is 11.4 Å². The minimum atomic E-state index is -2.64. The minimum Gasteiger partial charge on any atom is -0.566 e. The van der Waals surface area contributed by atoms with E-state index >= 15 is 0 Å². The van der Waals surface area contributed by atoms with Gasteiger partial charge in [0.1, 0.15) is 6.61 Å². The van der Waals surface area contributed by atoms with Crippen LogP contribution >= 0.6 is 8.25 Å². The van der Waals surface area contributed by atoms with Crippen LogP contribution in [0.2, 0.25) is 0 Å². The first-order chi connectivity index (χ1) is 9.77. The Morgan fingerprint density at radius 3 is 1.38 bits per heavy atom. The zero-order chi connectivity index (χ0) is 14.9. The molecule has 0 aliphatic rings. The molecule has 5 heteroatoms. The zero-order valence-electron chi connectivity index (χ0n) is 14.3. The average Bonchev–Trinajstić information content (AvgIpc) is 2.43. The molecular weight excluding hydrogens is 294 g/mol. The third kappa shape index (κ3) is 23.4. The van der Waals surface area contributed by atoms with E-state index in [1.165, 1.54) is 77.0 Å².